The normalized spacial score (nSPS) is 11.9. The van der Waals surface area contributed by atoms with E-state index in [1.165, 1.54) is 11.3 Å². The van der Waals surface area contributed by atoms with Crippen LogP contribution in [0.2, 0.25) is 0 Å². The Balaban J connectivity index is 1.84. The van der Waals surface area contributed by atoms with Gasteiger partial charge in [-0.25, -0.2) is 0 Å². The molecule has 0 radical (unpaired) electrons. The molecule has 0 saturated heterocycles. The number of carbonyl (C=O) groups excluding carboxylic acids is 1. The van der Waals surface area contributed by atoms with Crippen LogP contribution in [0.15, 0.2) is 45.8 Å². The van der Waals surface area contributed by atoms with Gasteiger partial charge < -0.3 is 23.2 Å². The molecule has 0 aliphatic rings. The molecule has 2 aromatic heterocycles. The second-order valence-electron chi connectivity index (χ2n) is 6.21. The largest absolute Gasteiger partial charge is 0.493 e. The van der Waals surface area contributed by atoms with E-state index < -0.39 is 5.91 Å². The van der Waals surface area contributed by atoms with Crippen LogP contribution in [0.3, 0.4) is 0 Å². The molecule has 4 rings (SSSR count). The fourth-order valence-electron chi connectivity index (χ4n) is 3.23. The van der Waals surface area contributed by atoms with Crippen molar-refractivity contribution in [3.63, 3.8) is 0 Å². The number of carbonyl (C=O) groups is 1. The molecule has 0 aliphatic carbocycles. The lowest BCUT2D eigenvalue weighted by Gasteiger charge is -2.08. The van der Waals surface area contributed by atoms with E-state index in [1.54, 1.807) is 33.5 Å². The molecule has 1 amide bonds. The third kappa shape index (κ3) is 3.25. The number of thiazole rings is 1. The van der Waals surface area contributed by atoms with Crippen LogP contribution in [-0.4, -0.2) is 31.8 Å². The Morgan fingerprint density at radius 3 is 2.48 bits per heavy atom. The van der Waals surface area contributed by atoms with Gasteiger partial charge in [0.2, 0.25) is 0 Å². The van der Waals surface area contributed by atoms with Gasteiger partial charge in [0.25, 0.3) is 0 Å². The van der Waals surface area contributed by atoms with E-state index in [2.05, 4.69) is 4.99 Å². The monoisotopic (exact) mass is 412 g/mol. The van der Waals surface area contributed by atoms with Crippen LogP contribution in [0, 0.1) is 0 Å². The highest BCUT2D eigenvalue weighted by Crippen LogP contribution is 2.33. The Labute approximate surface area is 170 Å². The fourth-order valence-corrected chi connectivity index (χ4v) is 4.33. The summed E-state index contributed by atoms with van der Waals surface area (Å²) in [6.45, 7) is 2.65. The number of amides is 1. The summed E-state index contributed by atoms with van der Waals surface area (Å²) in [7, 11) is 4.75. The van der Waals surface area contributed by atoms with Gasteiger partial charge in [-0.05, 0) is 19.1 Å². The van der Waals surface area contributed by atoms with Crippen LogP contribution in [0.25, 0.3) is 21.2 Å². The standard InChI is InChI=1S/C21H20N2O5S/c1-5-23-13-10-15(26-3)16(27-4)11-18(13)29-21(23)22-20(24)17-9-12-7-6-8-14(25-2)19(12)28-17/h6-11H,5H2,1-4H3. The summed E-state index contributed by atoms with van der Waals surface area (Å²) >= 11 is 1.41. The molecular weight excluding hydrogens is 392 g/mol. The molecule has 7 nitrogen and oxygen atoms in total. The van der Waals surface area contributed by atoms with E-state index in [1.807, 2.05) is 35.8 Å². The Morgan fingerprint density at radius 2 is 1.79 bits per heavy atom. The van der Waals surface area contributed by atoms with E-state index in [4.69, 9.17) is 18.6 Å². The van der Waals surface area contributed by atoms with E-state index in [0.29, 0.717) is 34.2 Å². The summed E-state index contributed by atoms with van der Waals surface area (Å²) in [5.74, 6) is 1.55. The topological polar surface area (TPSA) is 75.2 Å². The Hall–Kier alpha value is -3.26. The van der Waals surface area contributed by atoms with Crippen molar-refractivity contribution in [2.75, 3.05) is 21.3 Å². The number of aryl methyl sites for hydroxylation is 1. The summed E-state index contributed by atoms with van der Waals surface area (Å²) in [4.78, 5) is 17.7. The van der Waals surface area contributed by atoms with E-state index in [9.17, 15) is 4.79 Å². The van der Waals surface area contributed by atoms with Crippen LogP contribution >= 0.6 is 11.3 Å². The zero-order chi connectivity index (χ0) is 20.5. The smallest absolute Gasteiger partial charge is 0.315 e. The maximum absolute atomic E-state index is 12.8. The number of nitrogens with zero attached hydrogens (tertiary/aromatic N) is 2. The SMILES string of the molecule is CCn1c(=NC(=O)c2cc3cccc(OC)c3o2)sc2cc(OC)c(OC)cc21. The average molecular weight is 412 g/mol. The summed E-state index contributed by atoms with van der Waals surface area (Å²) in [5.41, 5.74) is 1.45. The predicted molar refractivity (Wildman–Crippen MR) is 111 cm³/mol. The predicted octanol–water partition coefficient (Wildman–Crippen LogP) is 4.24. The molecule has 0 atom stereocenters. The molecule has 8 heteroatoms. The molecule has 0 fully saturated rings. The van der Waals surface area contributed by atoms with Crippen LogP contribution in [0.4, 0.5) is 0 Å². The second kappa shape index (κ2) is 7.63. The third-order valence-electron chi connectivity index (χ3n) is 4.64. The Kier molecular flexibility index (Phi) is 5.02. The van der Waals surface area contributed by atoms with Crippen molar-refractivity contribution in [3.05, 3.63) is 47.0 Å². The fraction of sp³-hybridized carbons (Fsp3) is 0.238. The quantitative estimate of drug-likeness (QED) is 0.490. The van der Waals surface area contributed by atoms with Gasteiger partial charge in [0.05, 0.1) is 31.5 Å². The first kappa shape index (κ1) is 19.1. The van der Waals surface area contributed by atoms with Crippen LogP contribution in [0.5, 0.6) is 17.2 Å². The first-order valence-electron chi connectivity index (χ1n) is 9.00. The van der Waals surface area contributed by atoms with Crippen LogP contribution < -0.4 is 19.0 Å². The number of methoxy groups -OCH3 is 3. The highest BCUT2D eigenvalue weighted by atomic mass is 32.1. The molecule has 2 aromatic carbocycles. The van der Waals surface area contributed by atoms with Crippen molar-refractivity contribution in [2.24, 2.45) is 4.99 Å². The zero-order valence-corrected chi connectivity index (χ0v) is 17.3. The first-order chi connectivity index (χ1) is 14.1. The highest BCUT2D eigenvalue weighted by Gasteiger charge is 2.16. The van der Waals surface area contributed by atoms with Gasteiger partial charge >= 0.3 is 5.91 Å². The number of fused-ring (bicyclic) bond motifs is 2. The molecule has 0 saturated carbocycles. The molecule has 2 heterocycles. The lowest BCUT2D eigenvalue weighted by molar-refractivity contribution is 0.0973. The number of benzene rings is 2. The number of hydrogen-bond acceptors (Lipinski definition) is 6. The lowest BCUT2D eigenvalue weighted by atomic mass is 10.2. The number of aromatic nitrogens is 1. The Bertz CT molecular complexity index is 1280. The number of hydrogen-bond donors (Lipinski definition) is 0. The van der Waals surface area contributed by atoms with Gasteiger partial charge in [0.15, 0.2) is 33.4 Å². The van der Waals surface area contributed by atoms with Crippen molar-refractivity contribution < 1.29 is 23.4 Å². The third-order valence-corrected chi connectivity index (χ3v) is 5.68. The molecule has 0 bridgehead atoms. The molecular formula is C21H20N2O5S. The van der Waals surface area contributed by atoms with Gasteiger partial charge in [-0.15, -0.1) is 0 Å². The highest BCUT2D eigenvalue weighted by molar-refractivity contribution is 7.16. The zero-order valence-electron chi connectivity index (χ0n) is 16.5. The molecule has 0 unspecified atom stereocenters. The van der Waals surface area contributed by atoms with Crippen molar-refractivity contribution in [3.8, 4) is 17.2 Å². The second-order valence-corrected chi connectivity index (χ2v) is 7.22. The van der Waals surface area contributed by atoms with Crippen molar-refractivity contribution >= 4 is 38.4 Å². The average Bonchev–Trinajstić information content (AvgIpc) is 3.32. The van der Waals surface area contributed by atoms with Gasteiger partial charge in [0, 0.05) is 24.1 Å². The van der Waals surface area contributed by atoms with Crippen molar-refractivity contribution in [1.82, 2.24) is 4.57 Å². The molecule has 150 valence electrons. The molecule has 0 N–H and O–H groups in total. The minimum atomic E-state index is -0.448. The van der Waals surface area contributed by atoms with Crippen LogP contribution in [-0.2, 0) is 6.54 Å². The summed E-state index contributed by atoms with van der Waals surface area (Å²) < 4.78 is 24.7. The summed E-state index contributed by atoms with van der Waals surface area (Å²) in [6, 6.07) is 11.0. The molecule has 29 heavy (non-hydrogen) atoms. The van der Waals surface area contributed by atoms with E-state index in [0.717, 1.165) is 15.6 Å². The van der Waals surface area contributed by atoms with Crippen molar-refractivity contribution in [1.29, 1.82) is 0 Å². The van der Waals surface area contributed by atoms with Crippen LogP contribution in [0.1, 0.15) is 17.5 Å². The molecule has 4 aromatic rings. The number of rotatable bonds is 5. The minimum Gasteiger partial charge on any atom is -0.493 e. The minimum absolute atomic E-state index is 0.166. The van der Waals surface area contributed by atoms with Gasteiger partial charge in [0.1, 0.15) is 0 Å². The summed E-state index contributed by atoms with van der Waals surface area (Å²) in [6.07, 6.45) is 0. The molecule has 0 spiro atoms. The van der Waals surface area contributed by atoms with E-state index in [-0.39, 0.29) is 5.76 Å². The van der Waals surface area contributed by atoms with Gasteiger partial charge in [-0.3, -0.25) is 4.79 Å². The summed E-state index contributed by atoms with van der Waals surface area (Å²) in [5, 5.41) is 0.789. The maximum atomic E-state index is 12.8. The first-order valence-corrected chi connectivity index (χ1v) is 9.82. The van der Waals surface area contributed by atoms with Crippen molar-refractivity contribution in [2.45, 2.75) is 13.5 Å². The molecule has 0 aliphatic heterocycles. The van der Waals surface area contributed by atoms with Gasteiger partial charge in [-0.2, -0.15) is 4.99 Å². The number of ether oxygens (including phenoxy) is 3. The Morgan fingerprint density at radius 1 is 1.07 bits per heavy atom. The number of para-hydroxylation sites is 1. The van der Waals surface area contributed by atoms with E-state index >= 15 is 0 Å². The van der Waals surface area contributed by atoms with Gasteiger partial charge in [-0.1, -0.05) is 23.5 Å². The lowest BCUT2D eigenvalue weighted by Crippen LogP contribution is -2.15. The maximum Gasteiger partial charge on any atom is 0.315 e. The number of furan rings is 1.